The maximum absolute atomic E-state index is 13.4. The Hall–Kier alpha value is -4.29. The zero-order valence-electron chi connectivity index (χ0n) is 17.6. The molecule has 9 heteroatoms. The number of carbonyl (C=O) groups excluding carboxylic acids is 1. The number of nitrogens with two attached hydrogens (primary N) is 1. The first-order valence-electron chi connectivity index (χ1n) is 10.2. The summed E-state index contributed by atoms with van der Waals surface area (Å²) in [6, 6.07) is 17.0. The number of carbonyl (C=O) groups is 2. The van der Waals surface area contributed by atoms with Crippen molar-refractivity contribution in [3.63, 3.8) is 0 Å². The van der Waals surface area contributed by atoms with Gasteiger partial charge in [-0.1, -0.05) is 30.3 Å². The van der Waals surface area contributed by atoms with Crippen LogP contribution in [0.3, 0.4) is 0 Å². The van der Waals surface area contributed by atoms with Crippen molar-refractivity contribution in [2.75, 3.05) is 18.4 Å². The molecule has 33 heavy (non-hydrogen) atoms. The smallest absolute Gasteiger partial charge is 0.327 e. The lowest BCUT2D eigenvalue weighted by Crippen LogP contribution is -2.45. The summed E-state index contributed by atoms with van der Waals surface area (Å²) in [6.45, 7) is 0.0593. The number of carboxylic acids is 1. The summed E-state index contributed by atoms with van der Waals surface area (Å²) in [5, 5.41) is 24.0. The lowest BCUT2D eigenvalue weighted by Gasteiger charge is -2.16. The van der Waals surface area contributed by atoms with Gasteiger partial charge in [0.25, 0.3) is 5.91 Å². The topological polar surface area (TPSA) is 141 Å². The Morgan fingerprint density at radius 2 is 1.94 bits per heavy atom. The zero-order valence-corrected chi connectivity index (χ0v) is 17.6. The van der Waals surface area contributed by atoms with Crippen LogP contribution in [0.1, 0.15) is 21.5 Å². The molecule has 1 aromatic heterocycles. The Balaban J connectivity index is 1.91. The van der Waals surface area contributed by atoms with Crippen molar-refractivity contribution in [3.8, 4) is 17.3 Å². The van der Waals surface area contributed by atoms with Gasteiger partial charge in [-0.15, -0.1) is 0 Å². The average molecular weight is 447 g/mol. The summed E-state index contributed by atoms with van der Waals surface area (Å²) in [5.74, 6) is -2.05. The van der Waals surface area contributed by atoms with Crippen LogP contribution in [0.5, 0.6) is 0 Å². The molecule has 3 rings (SSSR count). The third-order valence-corrected chi connectivity index (χ3v) is 4.90. The van der Waals surface area contributed by atoms with Gasteiger partial charge in [0.05, 0.1) is 22.9 Å². The SMILES string of the molecule is N#Cc1ccccc1-c1ccc(C(=O)N[C@H](CN)C(=O)O)c(NCCc2cccc(F)c2)n1. The van der Waals surface area contributed by atoms with Crippen molar-refractivity contribution in [1.29, 1.82) is 5.26 Å². The minimum Gasteiger partial charge on any atom is -0.480 e. The number of nitrogens with one attached hydrogen (secondary N) is 2. The van der Waals surface area contributed by atoms with Crippen LogP contribution in [0.25, 0.3) is 11.3 Å². The number of halogens is 1. The number of aromatic nitrogens is 1. The van der Waals surface area contributed by atoms with Crippen molar-refractivity contribution in [2.45, 2.75) is 12.5 Å². The van der Waals surface area contributed by atoms with Gasteiger partial charge in [0.2, 0.25) is 0 Å². The molecule has 8 nitrogen and oxygen atoms in total. The lowest BCUT2D eigenvalue weighted by atomic mass is 10.0. The van der Waals surface area contributed by atoms with E-state index in [-0.39, 0.29) is 23.7 Å². The Kier molecular flexibility index (Phi) is 7.68. The molecular formula is C24H22FN5O3. The van der Waals surface area contributed by atoms with Gasteiger partial charge in [-0.05, 0) is 42.3 Å². The van der Waals surface area contributed by atoms with E-state index in [2.05, 4.69) is 21.7 Å². The highest BCUT2D eigenvalue weighted by atomic mass is 19.1. The van der Waals surface area contributed by atoms with Crippen LogP contribution in [0, 0.1) is 17.1 Å². The molecule has 1 heterocycles. The predicted octanol–water partition coefficient (Wildman–Crippen LogP) is 2.56. The van der Waals surface area contributed by atoms with E-state index >= 15 is 0 Å². The predicted molar refractivity (Wildman–Crippen MR) is 121 cm³/mol. The van der Waals surface area contributed by atoms with Gasteiger partial charge in [-0.2, -0.15) is 5.26 Å². The highest BCUT2D eigenvalue weighted by Crippen LogP contribution is 2.25. The molecule has 1 atom stereocenters. The number of aliphatic carboxylic acids is 1. The summed E-state index contributed by atoms with van der Waals surface area (Å²) in [4.78, 5) is 28.6. The molecule has 0 aliphatic carbocycles. The second kappa shape index (κ2) is 10.8. The average Bonchev–Trinajstić information content (AvgIpc) is 2.82. The summed E-state index contributed by atoms with van der Waals surface area (Å²) >= 11 is 0. The van der Waals surface area contributed by atoms with Crippen molar-refractivity contribution >= 4 is 17.7 Å². The summed E-state index contributed by atoms with van der Waals surface area (Å²) in [6.07, 6.45) is 0.458. The van der Waals surface area contributed by atoms with Crippen LogP contribution in [-0.2, 0) is 11.2 Å². The maximum atomic E-state index is 13.4. The number of amides is 1. The molecule has 3 aromatic rings. The lowest BCUT2D eigenvalue weighted by molar-refractivity contribution is -0.138. The number of benzene rings is 2. The number of nitrogens with zero attached hydrogens (tertiary/aromatic N) is 2. The van der Waals surface area contributed by atoms with Gasteiger partial charge in [0.1, 0.15) is 17.7 Å². The molecule has 0 aliphatic heterocycles. The van der Waals surface area contributed by atoms with Crippen molar-refractivity contribution < 1.29 is 19.1 Å². The minimum absolute atomic E-state index is 0.118. The largest absolute Gasteiger partial charge is 0.480 e. The van der Waals surface area contributed by atoms with Crippen LogP contribution in [0.2, 0.25) is 0 Å². The fourth-order valence-electron chi connectivity index (χ4n) is 3.21. The summed E-state index contributed by atoms with van der Waals surface area (Å²) in [7, 11) is 0. The van der Waals surface area contributed by atoms with E-state index in [4.69, 9.17) is 5.73 Å². The zero-order chi connectivity index (χ0) is 23.8. The number of anilines is 1. The molecular weight excluding hydrogens is 425 g/mol. The standard InChI is InChI=1S/C24H22FN5O3/c25-17-6-3-4-15(12-17)10-11-28-22-19(23(31)30-21(14-27)24(32)33)8-9-20(29-22)18-7-2-1-5-16(18)13-26/h1-9,12,21H,10-11,14,27H2,(H,28,29)(H,30,31)(H,32,33)/t21-/m1/s1. The number of pyridine rings is 1. The third-order valence-electron chi connectivity index (χ3n) is 4.90. The molecule has 168 valence electrons. The van der Waals surface area contributed by atoms with Crippen LogP contribution in [-0.4, -0.2) is 41.1 Å². The number of carboxylic acid groups (broad SMARTS) is 1. The van der Waals surface area contributed by atoms with E-state index in [0.717, 1.165) is 5.56 Å². The minimum atomic E-state index is -1.25. The monoisotopic (exact) mass is 447 g/mol. The Bertz CT molecular complexity index is 1210. The van der Waals surface area contributed by atoms with Crippen LogP contribution in [0.15, 0.2) is 60.7 Å². The Labute approximate surface area is 189 Å². The third kappa shape index (κ3) is 5.90. The van der Waals surface area contributed by atoms with Gasteiger partial charge in [-0.25, -0.2) is 14.2 Å². The molecule has 0 radical (unpaired) electrons. The van der Waals surface area contributed by atoms with Crippen LogP contribution in [0.4, 0.5) is 10.2 Å². The molecule has 0 unspecified atom stereocenters. The van der Waals surface area contributed by atoms with Gasteiger partial charge in [0, 0.05) is 18.7 Å². The molecule has 0 fully saturated rings. The second-order valence-electron chi connectivity index (χ2n) is 7.16. The van der Waals surface area contributed by atoms with Crippen molar-refractivity contribution in [2.24, 2.45) is 5.73 Å². The molecule has 5 N–H and O–H groups in total. The van der Waals surface area contributed by atoms with E-state index in [9.17, 15) is 24.3 Å². The first-order chi connectivity index (χ1) is 15.9. The van der Waals surface area contributed by atoms with E-state index < -0.39 is 17.9 Å². The molecule has 0 saturated carbocycles. The first kappa shape index (κ1) is 23.4. The van der Waals surface area contributed by atoms with Crippen LogP contribution >= 0.6 is 0 Å². The van der Waals surface area contributed by atoms with E-state index in [1.807, 2.05) is 0 Å². The number of hydrogen-bond donors (Lipinski definition) is 4. The maximum Gasteiger partial charge on any atom is 0.327 e. The Morgan fingerprint density at radius 1 is 1.15 bits per heavy atom. The summed E-state index contributed by atoms with van der Waals surface area (Å²) < 4.78 is 13.4. The van der Waals surface area contributed by atoms with Crippen molar-refractivity contribution in [3.05, 3.63) is 83.2 Å². The Morgan fingerprint density at radius 3 is 2.64 bits per heavy atom. The molecule has 0 aliphatic rings. The van der Waals surface area contributed by atoms with Gasteiger partial charge >= 0.3 is 5.97 Å². The molecule has 0 bridgehead atoms. The second-order valence-corrected chi connectivity index (χ2v) is 7.16. The van der Waals surface area contributed by atoms with Crippen molar-refractivity contribution in [1.82, 2.24) is 10.3 Å². The van der Waals surface area contributed by atoms with Gasteiger partial charge < -0.3 is 21.5 Å². The molecule has 1 amide bonds. The molecule has 2 aromatic carbocycles. The van der Waals surface area contributed by atoms with E-state index in [0.29, 0.717) is 29.8 Å². The van der Waals surface area contributed by atoms with Crippen LogP contribution < -0.4 is 16.4 Å². The number of hydrogen-bond acceptors (Lipinski definition) is 6. The normalized spacial score (nSPS) is 11.3. The van der Waals surface area contributed by atoms with Gasteiger partial charge in [0.15, 0.2) is 0 Å². The first-order valence-corrected chi connectivity index (χ1v) is 10.2. The molecule has 0 saturated heterocycles. The van der Waals surface area contributed by atoms with E-state index in [1.165, 1.54) is 18.2 Å². The number of nitriles is 1. The fourth-order valence-corrected chi connectivity index (χ4v) is 3.21. The highest BCUT2D eigenvalue weighted by molar-refractivity contribution is 6.01. The fraction of sp³-hybridized carbons (Fsp3) is 0.167. The van der Waals surface area contributed by atoms with E-state index in [1.54, 1.807) is 42.5 Å². The molecule has 0 spiro atoms. The highest BCUT2D eigenvalue weighted by Gasteiger charge is 2.22. The van der Waals surface area contributed by atoms with Gasteiger partial charge in [-0.3, -0.25) is 4.79 Å². The number of rotatable bonds is 9. The summed E-state index contributed by atoms with van der Waals surface area (Å²) in [5.41, 5.74) is 7.79. The quantitative estimate of drug-likeness (QED) is 0.395.